The first kappa shape index (κ1) is 13.8. The smallest absolute Gasteiger partial charge is 0.123 e. The van der Waals surface area contributed by atoms with Gasteiger partial charge >= 0.3 is 0 Å². The van der Waals surface area contributed by atoms with Crippen molar-refractivity contribution in [2.75, 3.05) is 27.1 Å². The highest BCUT2D eigenvalue weighted by Crippen LogP contribution is 2.33. The topological polar surface area (TPSA) is 12.5 Å². The summed E-state index contributed by atoms with van der Waals surface area (Å²) in [7, 11) is 5.80. The predicted octanol–water partition coefficient (Wildman–Crippen LogP) is 3.69. The highest BCUT2D eigenvalue weighted by atomic mass is 79.9. The third-order valence-electron chi connectivity index (χ3n) is 2.56. The minimum Gasteiger partial charge on any atom is -0.496 e. The molecule has 0 bridgehead atoms. The van der Waals surface area contributed by atoms with E-state index in [9.17, 15) is 0 Å². The third kappa shape index (κ3) is 3.37. The fraction of sp³-hybridized carbons (Fsp3) is 0.500. The maximum absolute atomic E-state index is 5.85. The SMILES string of the molecule is COc1ccc(Br)cc1C(CCCl)N(C)C. The van der Waals surface area contributed by atoms with Crippen molar-refractivity contribution in [1.29, 1.82) is 0 Å². The van der Waals surface area contributed by atoms with E-state index >= 15 is 0 Å². The first-order chi connectivity index (χ1) is 7.60. The van der Waals surface area contributed by atoms with Crippen LogP contribution < -0.4 is 4.74 Å². The first-order valence-corrected chi connectivity index (χ1v) is 6.48. The number of methoxy groups -OCH3 is 1. The van der Waals surface area contributed by atoms with Crippen molar-refractivity contribution in [3.63, 3.8) is 0 Å². The van der Waals surface area contributed by atoms with Crippen molar-refractivity contribution in [1.82, 2.24) is 4.90 Å². The highest BCUT2D eigenvalue weighted by Gasteiger charge is 2.18. The fourth-order valence-corrected chi connectivity index (χ4v) is 2.35. The van der Waals surface area contributed by atoms with E-state index in [0.29, 0.717) is 5.88 Å². The van der Waals surface area contributed by atoms with Crippen LogP contribution in [-0.2, 0) is 0 Å². The van der Waals surface area contributed by atoms with Crippen LogP contribution in [-0.4, -0.2) is 32.0 Å². The Bertz CT molecular complexity index is 344. The number of nitrogens with zero attached hydrogens (tertiary/aromatic N) is 1. The normalized spacial score (nSPS) is 12.9. The van der Waals surface area contributed by atoms with Gasteiger partial charge in [0.05, 0.1) is 7.11 Å². The van der Waals surface area contributed by atoms with Gasteiger partial charge < -0.3 is 9.64 Å². The van der Waals surface area contributed by atoms with Crippen molar-refractivity contribution in [2.24, 2.45) is 0 Å². The van der Waals surface area contributed by atoms with Crippen molar-refractivity contribution >= 4 is 27.5 Å². The standard InChI is InChI=1S/C12H17BrClNO/c1-15(2)11(6-7-14)10-8-9(13)4-5-12(10)16-3/h4-5,8,11H,6-7H2,1-3H3. The summed E-state index contributed by atoms with van der Waals surface area (Å²) < 4.78 is 6.45. The molecule has 0 fully saturated rings. The van der Waals surface area contributed by atoms with E-state index in [0.717, 1.165) is 16.6 Å². The molecule has 1 rings (SSSR count). The van der Waals surface area contributed by atoms with E-state index in [1.165, 1.54) is 5.56 Å². The van der Waals surface area contributed by atoms with Crippen LogP contribution in [0, 0.1) is 0 Å². The lowest BCUT2D eigenvalue weighted by molar-refractivity contribution is 0.283. The molecule has 0 amide bonds. The Morgan fingerprint density at radius 1 is 1.44 bits per heavy atom. The Labute approximate surface area is 111 Å². The number of halogens is 2. The van der Waals surface area contributed by atoms with Crippen molar-refractivity contribution in [3.8, 4) is 5.75 Å². The second-order valence-corrected chi connectivity index (χ2v) is 5.14. The van der Waals surface area contributed by atoms with Gasteiger partial charge in [-0.2, -0.15) is 0 Å². The molecule has 1 atom stereocenters. The molecule has 0 N–H and O–H groups in total. The van der Waals surface area contributed by atoms with E-state index < -0.39 is 0 Å². The van der Waals surface area contributed by atoms with Gasteiger partial charge in [-0.05, 0) is 38.7 Å². The molecule has 1 aromatic rings. The largest absolute Gasteiger partial charge is 0.496 e. The summed E-state index contributed by atoms with van der Waals surface area (Å²) >= 11 is 9.33. The minimum atomic E-state index is 0.282. The van der Waals surface area contributed by atoms with Gasteiger partial charge in [-0.1, -0.05) is 15.9 Å². The van der Waals surface area contributed by atoms with Gasteiger partial charge in [-0.25, -0.2) is 0 Å². The molecular weight excluding hydrogens is 289 g/mol. The van der Waals surface area contributed by atoms with Gasteiger partial charge in [-0.3, -0.25) is 0 Å². The Morgan fingerprint density at radius 3 is 2.62 bits per heavy atom. The lowest BCUT2D eigenvalue weighted by Crippen LogP contribution is -2.21. The Morgan fingerprint density at radius 2 is 2.12 bits per heavy atom. The quantitative estimate of drug-likeness (QED) is 0.769. The van der Waals surface area contributed by atoms with Crippen LogP contribution in [0.15, 0.2) is 22.7 Å². The second kappa shape index (κ2) is 6.48. The molecule has 1 aromatic carbocycles. The molecule has 0 saturated heterocycles. The molecule has 2 nitrogen and oxygen atoms in total. The summed E-state index contributed by atoms with van der Waals surface area (Å²) in [5.74, 6) is 1.55. The molecule has 0 aliphatic heterocycles. The lowest BCUT2D eigenvalue weighted by atomic mass is 10.0. The van der Waals surface area contributed by atoms with Crippen molar-refractivity contribution < 1.29 is 4.74 Å². The molecular formula is C12H17BrClNO. The Hall–Kier alpha value is -0.250. The average Bonchev–Trinajstić information content (AvgIpc) is 2.25. The minimum absolute atomic E-state index is 0.282. The molecule has 90 valence electrons. The summed E-state index contributed by atoms with van der Waals surface area (Å²) in [6.45, 7) is 0. The number of hydrogen-bond donors (Lipinski definition) is 0. The van der Waals surface area contributed by atoms with Gasteiger partial charge in [0.25, 0.3) is 0 Å². The zero-order valence-corrected chi connectivity index (χ0v) is 12.2. The summed E-state index contributed by atoms with van der Waals surface area (Å²) in [4.78, 5) is 2.16. The Kier molecular flexibility index (Phi) is 5.59. The van der Waals surface area contributed by atoms with E-state index in [2.05, 4.69) is 41.0 Å². The molecule has 0 aliphatic carbocycles. The zero-order valence-electron chi connectivity index (χ0n) is 9.84. The molecule has 0 aliphatic rings. The van der Waals surface area contributed by atoms with Crippen LogP contribution >= 0.6 is 27.5 Å². The van der Waals surface area contributed by atoms with Crippen LogP contribution in [0.4, 0.5) is 0 Å². The molecule has 16 heavy (non-hydrogen) atoms. The summed E-state index contributed by atoms with van der Waals surface area (Å²) in [6.07, 6.45) is 0.904. The predicted molar refractivity (Wildman–Crippen MR) is 72.5 cm³/mol. The molecule has 0 radical (unpaired) electrons. The molecule has 1 unspecified atom stereocenters. The number of alkyl halides is 1. The Balaban J connectivity index is 3.10. The number of hydrogen-bond acceptors (Lipinski definition) is 2. The zero-order chi connectivity index (χ0) is 12.1. The molecule has 0 aromatic heterocycles. The van der Waals surface area contributed by atoms with Crippen LogP contribution in [0.2, 0.25) is 0 Å². The van der Waals surface area contributed by atoms with Crippen molar-refractivity contribution in [2.45, 2.75) is 12.5 Å². The highest BCUT2D eigenvalue weighted by molar-refractivity contribution is 9.10. The van der Waals surface area contributed by atoms with Crippen LogP contribution in [0.3, 0.4) is 0 Å². The monoisotopic (exact) mass is 305 g/mol. The van der Waals surface area contributed by atoms with Gasteiger partial charge in [0.15, 0.2) is 0 Å². The number of rotatable bonds is 5. The van der Waals surface area contributed by atoms with Crippen LogP contribution in [0.1, 0.15) is 18.0 Å². The van der Waals surface area contributed by atoms with E-state index in [-0.39, 0.29) is 6.04 Å². The van der Waals surface area contributed by atoms with Crippen LogP contribution in [0.5, 0.6) is 5.75 Å². The van der Waals surface area contributed by atoms with E-state index in [1.807, 2.05) is 12.1 Å². The van der Waals surface area contributed by atoms with Gasteiger partial charge in [0.2, 0.25) is 0 Å². The van der Waals surface area contributed by atoms with Gasteiger partial charge in [0.1, 0.15) is 5.75 Å². The fourth-order valence-electron chi connectivity index (χ4n) is 1.76. The van der Waals surface area contributed by atoms with Gasteiger partial charge in [-0.15, -0.1) is 11.6 Å². The van der Waals surface area contributed by atoms with E-state index in [1.54, 1.807) is 7.11 Å². The van der Waals surface area contributed by atoms with E-state index in [4.69, 9.17) is 16.3 Å². The average molecular weight is 307 g/mol. The number of benzene rings is 1. The molecule has 0 saturated carbocycles. The maximum atomic E-state index is 5.85. The lowest BCUT2D eigenvalue weighted by Gasteiger charge is -2.25. The summed E-state index contributed by atoms with van der Waals surface area (Å²) in [6, 6.07) is 6.33. The summed E-state index contributed by atoms with van der Waals surface area (Å²) in [5, 5.41) is 0. The van der Waals surface area contributed by atoms with Crippen molar-refractivity contribution in [3.05, 3.63) is 28.2 Å². The molecule has 0 spiro atoms. The van der Waals surface area contributed by atoms with Gasteiger partial charge in [0, 0.05) is 22.0 Å². The molecule has 0 heterocycles. The summed E-state index contributed by atoms with van der Waals surface area (Å²) in [5.41, 5.74) is 1.17. The molecule has 4 heteroatoms. The van der Waals surface area contributed by atoms with Crippen LogP contribution in [0.25, 0.3) is 0 Å². The first-order valence-electron chi connectivity index (χ1n) is 5.16. The maximum Gasteiger partial charge on any atom is 0.123 e. The third-order valence-corrected chi connectivity index (χ3v) is 3.27. The number of ether oxygens (including phenoxy) is 1. The second-order valence-electron chi connectivity index (χ2n) is 3.84.